The number of piperazine rings is 1. The lowest BCUT2D eigenvalue weighted by molar-refractivity contribution is -0.142. The molecule has 1 atom stereocenters. The van der Waals surface area contributed by atoms with Gasteiger partial charge in [-0.2, -0.15) is 0 Å². The van der Waals surface area contributed by atoms with Gasteiger partial charge in [0.05, 0.1) is 6.42 Å². The number of benzene rings is 1. The molecule has 0 aliphatic carbocycles. The topological polar surface area (TPSA) is 86.7 Å². The molecule has 7 heteroatoms. The number of hydrogen-bond acceptors (Lipinski definition) is 3. The summed E-state index contributed by atoms with van der Waals surface area (Å²) in [5.74, 6) is -1.86. The lowest BCUT2D eigenvalue weighted by Crippen LogP contribution is -2.57. The van der Waals surface area contributed by atoms with Crippen molar-refractivity contribution in [2.24, 2.45) is 0 Å². The van der Waals surface area contributed by atoms with Gasteiger partial charge < -0.3 is 15.3 Å². The number of aliphatic carboxylic acids is 1. The lowest BCUT2D eigenvalue weighted by Gasteiger charge is -2.34. The maximum atomic E-state index is 12.6. The van der Waals surface area contributed by atoms with Crippen LogP contribution in [-0.2, 0) is 9.59 Å². The molecule has 2 N–H and O–H groups in total. The van der Waals surface area contributed by atoms with Gasteiger partial charge in [-0.3, -0.25) is 14.4 Å². The first-order valence-corrected chi connectivity index (χ1v) is 7.26. The van der Waals surface area contributed by atoms with Gasteiger partial charge in [0.15, 0.2) is 0 Å². The third kappa shape index (κ3) is 3.24. The van der Waals surface area contributed by atoms with Crippen molar-refractivity contribution in [2.45, 2.75) is 19.4 Å². The molecule has 0 saturated carbocycles. The normalized spacial score (nSPS) is 18.3. The SMILES string of the molecule is Cc1c(Br)cccc1C(=O)N1CCNC(=O)C1CC(=O)O. The van der Waals surface area contributed by atoms with Gasteiger partial charge in [-0.25, -0.2) is 0 Å². The molecule has 1 aliphatic heterocycles. The fourth-order valence-electron chi connectivity index (χ4n) is 2.32. The van der Waals surface area contributed by atoms with Crippen LogP contribution >= 0.6 is 15.9 Å². The maximum Gasteiger partial charge on any atom is 0.305 e. The summed E-state index contributed by atoms with van der Waals surface area (Å²) in [6, 6.07) is 4.26. The van der Waals surface area contributed by atoms with E-state index in [1.165, 1.54) is 4.90 Å². The first-order valence-electron chi connectivity index (χ1n) is 6.47. The number of halogens is 1. The van der Waals surface area contributed by atoms with E-state index in [0.717, 1.165) is 10.0 Å². The van der Waals surface area contributed by atoms with Crippen LogP contribution in [0.4, 0.5) is 0 Å². The van der Waals surface area contributed by atoms with Gasteiger partial charge in [0.25, 0.3) is 5.91 Å². The minimum absolute atomic E-state index is 0.300. The van der Waals surface area contributed by atoms with E-state index in [1.807, 2.05) is 6.07 Å². The Labute approximate surface area is 130 Å². The van der Waals surface area contributed by atoms with Gasteiger partial charge in [-0.1, -0.05) is 22.0 Å². The van der Waals surface area contributed by atoms with Crippen LogP contribution in [0.15, 0.2) is 22.7 Å². The number of nitrogens with one attached hydrogen (secondary N) is 1. The van der Waals surface area contributed by atoms with Crippen LogP contribution in [0.25, 0.3) is 0 Å². The second-order valence-electron chi connectivity index (χ2n) is 4.82. The van der Waals surface area contributed by atoms with Crippen LogP contribution < -0.4 is 5.32 Å². The Bertz CT molecular complexity index is 603. The van der Waals surface area contributed by atoms with E-state index in [-0.39, 0.29) is 5.91 Å². The number of hydrogen-bond donors (Lipinski definition) is 2. The molecule has 112 valence electrons. The highest BCUT2D eigenvalue weighted by Crippen LogP contribution is 2.22. The Morgan fingerprint density at radius 2 is 2.19 bits per heavy atom. The fraction of sp³-hybridized carbons (Fsp3) is 0.357. The molecule has 1 heterocycles. The maximum absolute atomic E-state index is 12.6. The van der Waals surface area contributed by atoms with E-state index in [2.05, 4.69) is 21.2 Å². The summed E-state index contributed by atoms with van der Waals surface area (Å²) < 4.78 is 0.796. The molecule has 1 aliphatic rings. The van der Waals surface area contributed by atoms with E-state index in [4.69, 9.17) is 5.11 Å². The van der Waals surface area contributed by atoms with Crippen molar-refractivity contribution >= 4 is 33.7 Å². The highest BCUT2D eigenvalue weighted by Gasteiger charge is 2.35. The second kappa shape index (κ2) is 6.26. The fourth-order valence-corrected chi connectivity index (χ4v) is 2.69. The zero-order chi connectivity index (χ0) is 15.6. The number of nitrogens with zero attached hydrogens (tertiary/aromatic N) is 1. The van der Waals surface area contributed by atoms with Gasteiger partial charge >= 0.3 is 5.97 Å². The van der Waals surface area contributed by atoms with E-state index >= 15 is 0 Å². The smallest absolute Gasteiger partial charge is 0.305 e. The number of carboxylic acid groups (broad SMARTS) is 1. The van der Waals surface area contributed by atoms with Gasteiger partial charge in [0.2, 0.25) is 5.91 Å². The highest BCUT2D eigenvalue weighted by atomic mass is 79.9. The summed E-state index contributed by atoms with van der Waals surface area (Å²) in [4.78, 5) is 36.7. The molecule has 0 bridgehead atoms. The Kier molecular flexibility index (Phi) is 4.62. The monoisotopic (exact) mass is 354 g/mol. The molecule has 0 aromatic heterocycles. The van der Waals surface area contributed by atoms with Crippen molar-refractivity contribution in [3.05, 3.63) is 33.8 Å². The van der Waals surface area contributed by atoms with Gasteiger partial charge in [0, 0.05) is 23.1 Å². The van der Waals surface area contributed by atoms with E-state index < -0.39 is 24.3 Å². The van der Waals surface area contributed by atoms with Crippen molar-refractivity contribution in [3.8, 4) is 0 Å². The molecule has 1 fully saturated rings. The first-order chi connectivity index (χ1) is 9.91. The van der Waals surface area contributed by atoms with Crippen LogP contribution in [0.3, 0.4) is 0 Å². The summed E-state index contributed by atoms with van der Waals surface area (Å²) in [5.41, 5.74) is 1.23. The summed E-state index contributed by atoms with van der Waals surface area (Å²) in [7, 11) is 0. The molecule has 2 amide bonds. The first kappa shape index (κ1) is 15.5. The predicted octanol–water partition coefficient (Wildman–Crippen LogP) is 1.17. The lowest BCUT2D eigenvalue weighted by atomic mass is 10.0. The van der Waals surface area contributed by atoms with Gasteiger partial charge in [-0.05, 0) is 24.6 Å². The van der Waals surface area contributed by atoms with Gasteiger partial charge in [0.1, 0.15) is 6.04 Å². The molecule has 21 heavy (non-hydrogen) atoms. The largest absolute Gasteiger partial charge is 0.481 e. The Hall–Kier alpha value is -1.89. The minimum Gasteiger partial charge on any atom is -0.481 e. The van der Waals surface area contributed by atoms with Crippen LogP contribution in [0.2, 0.25) is 0 Å². The van der Waals surface area contributed by atoms with E-state index in [1.54, 1.807) is 19.1 Å². The third-order valence-electron chi connectivity index (χ3n) is 3.46. The van der Waals surface area contributed by atoms with E-state index in [9.17, 15) is 14.4 Å². The zero-order valence-corrected chi connectivity index (χ0v) is 13.0. The summed E-state index contributed by atoms with van der Waals surface area (Å²) >= 11 is 3.36. The predicted molar refractivity (Wildman–Crippen MR) is 79.0 cm³/mol. The molecule has 6 nitrogen and oxygen atoms in total. The number of carboxylic acids is 1. The second-order valence-corrected chi connectivity index (χ2v) is 5.67. The quantitative estimate of drug-likeness (QED) is 0.852. The molecule has 0 spiro atoms. The average molecular weight is 355 g/mol. The molecule has 1 unspecified atom stereocenters. The van der Waals surface area contributed by atoms with Crippen molar-refractivity contribution in [1.29, 1.82) is 0 Å². The Balaban J connectivity index is 2.32. The van der Waals surface area contributed by atoms with Crippen molar-refractivity contribution in [1.82, 2.24) is 10.2 Å². The molecule has 1 aromatic carbocycles. The summed E-state index contributed by atoms with van der Waals surface area (Å²) in [6.45, 7) is 2.43. The number of amides is 2. The van der Waals surface area contributed by atoms with E-state index in [0.29, 0.717) is 18.7 Å². The number of carbonyl (C=O) groups excluding carboxylic acids is 2. The van der Waals surface area contributed by atoms with Crippen molar-refractivity contribution < 1.29 is 19.5 Å². The average Bonchev–Trinajstić information content (AvgIpc) is 2.43. The number of carbonyl (C=O) groups is 3. The molecule has 1 aromatic rings. The van der Waals surface area contributed by atoms with Crippen LogP contribution in [0.5, 0.6) is 0 Å². The van der Waals surface area contributed by atoms with Crippen molar-refractivity contribution in [2.75, 3.05) is 13.1 Å². The van der Waals surface area contributed by atoms with Crippen LogP contribution in [0.1, 0.15) is 22.3 Å². The van der Waals surface area contributed by atoms with Gasteiger partial charge in [-0.15, -0.1) is 0 Å². The van der Waals surface area contributed by atoms with Crippen LogP contribution in [-0.4, -0.2) is 46.9 Å². The molecule has 1 saturated heterocycles. The number of rotatable bonds is 3. The zero-order valence-electron chi connectivity index (χ0n) is 11.4. The summed E-state index contributed by atoms with van der Waals surface area (Å²) in [6.07, 6.45) is -0.398. The Morgan fingerprint density at radius 3 is 2.86 bits per heavy atom. The standard InChI is InChI=1S/C14H15BrN2O4/c1-8-9(3-2-4-10(8)15)14(21)17-6-5-16-13(20)11(17)7-12(18)19/h2-4,11H,5-7H2,1H3,(H,16,20)(H,18,19). The molecular weight excluding hydrogens is 340 g/mol. The summed E-state index contributed by atoms with van der Waals surface area (Å²) in [5, 5.41) is 11.5. The Morgan fingerprint density at radius 1 is 1.48 bits per heavy atom. The van der Waals surface area contributed by atoms with Crippen molar-refractivity contribution in [3.63, 3.8) is 0 Å². The molecule has 2 rings (SSSR count). The third-order valence-corrected chi connectivity index (χ3v) is 4.32. The molecule has 0 radical (unpaired) electrons. The minimum atomic E-state index is -1.11. The highest BCUT2D eigenvalue weighted by molar-refractivity contribution is 9.10. The van der Waals surface area contributed by atoms with Crippen LogP contribution in [0, 0.1) is 6.92 Å². The molecular formula is C14H15BrN2O4.